The molecule has 1 fully saturated rings. The number of nitrogens with one attached hydrogen (secondary N) is 1. The Balaban J connectivity index is 2.32. The van der Waals surface area contributed by atoms with Gasteiger partial charge in [-0.15, -0.1) is 0 Å². The highest BCUT2D eigenvalue weighted by molar-refractivity contribution is 5.91. The summed E-state index contributed by atoms with van der Waals surface area (Å²) in [6.07, 6.45) is 2.25. The Morgan fingerprint density at radius 2 is 2.38 bits per heavy atom. The number of hydrogen-bond acceptors (Lipinski definition) is 3. The number of aromatic carboxylic acids is 1. The molecule has 1 saturated heterocycles. The minimum Gasteiger partial charge on any atom is -0.496 e. The van der Waals surface area contributed by atoms with Crippen LogP contribution < -0.4 is 10.1 Å². The molecule has 4 nitrogen and oxygen atoms in total. The van der Waals surface area contributed by atoms with Crippen LogP contribution in [-0.2, 0) is 0 Å². The van der Waals surface area contributed by atoms with Gasteiger partial charge in [0.25, 0.3) is 0 Å². The lowest BCUT2D eigenvalue weighted by molar-refractivity contribution is 0.0693. The van der Waals surface area contributed by atoms with E-state index in [2.05, 4.69) is 5.32 Å². The van der Waals surface area contributed by atoms with E-state index in [1.54, 1.807) is 6.07 Å². The molecule has 0 amide bonds. The van der Waals surface area contributed by atoms with E-state index in [1.807, 2.05) is 12.1 Å². The third-order valence-electron chi connectivity index (χ3n) is 2.92. The Morgan fingerprint density at radius 1 is 1.56 bits per heavy atom. The second-order valence-electron chi connectivity index (χ2n) is 3.91. The van der Waals surface area contributed by atoms with E-state index in [4.69, 9.17) is 9.84 Å². The van der Waals surface area contributed by atoms with E-state index >= 15 is 0 Å². The fourth-order valence-electron chi connectivity index (χ4n) is 2.07. The number of ether oxygens (including phenoxy) is 1. The van der Waals surface area contributed by atoms with Gasteiger partial charge < -0.3 is 15.2 Å². The van der Waals surface area contributed by atoms with Crippen molar-refractivity contribution in [2.75, 3.05) is 13.7 Å². The molecule has 0 spiro atoms. The zero-order chi connectivity index (χ0) is 11.5. The lowest BCUT2D eigenvalue weighted by atomic mass is 10.0. The number of benzene rings is 1. The Morgan fingerprint density at radius 3 is 2.94 bits per heavy atom. The fourth-order valence-corrected chi connectivity index (χ4v) is 2.07. The maximum atomic E-state index is 10.9. The van der Waals surface area contributed by atoms with Crippen LogP contribution in [0.4, 0.5) is 0 Å². The summed E-state index contributed by atoms with van der Waals surface area (Å²) < 4.78 is 5.10. The van der Waals surface area contributed by atoms with E-state index in [1.165, 1.54) is 7.11 Å². The van der Waals surface area contributed by atoms with E-state index in [0.29, 0.717) is 11.8 Å². The topological polar surface area (TPSA) is 58.6 Å². The summed E-state index contributed by atoms with van der Waals surface area (Å²) in [6, 6.07) is 5.61. The fraction of sp³-hybridized carbons (Fsp3) is 0.417. The van der Waals surface area contributed by atoms with Gasteiger partial charge in [0, 0.05) is 6.04 Å². The maximum Gasteiger partial charge on any atom is 0.339 e. The Kier molecular flexibility index (Phi) is 3.10. The van der Waals surface area contributed by atoms with Crippen LogP contribution in [0.3, 0.4) is 0 Å². The lowest BCUT2D eigenvalue weighted by Gasteiger charge is -2.13. The summed E-state index contributed by atoms with van der Waals surface area (Å²) in [5.74, 6) is -0.526. The normalized spacial score (nSPS) is 19.7. The number of carboxylic acid groups (broad SMARTS) is 1. The standard InChI is InChI=1S/C12H15NO3/c1-16-11-7-8(10-3-2-6-13-10)4-5-9(11)12(14)15/h4-5,7,10,13H,2-3,6H2,1H3,(H,14,15)/t10-/m0/s1. The number of rotatable bonds is 3. The molecule has 4 heteroatoms. The summed E-state index contributed by atoms with van der Waals surface area (Å²) in [6.45, 7) is 1.02. The van der Waals surface area contributed by atoms with Gasteiger partial charge in [-0.05, 0) is 37.1 Å². The molecule has 1 aromatic carbocycles. The van der Waals surface area contributed by atoms with Crippen LogP contribution in [0.25, 0.3) is 0 Å². The molecule has 16 heavy (non-hydrogen) atoms. The SMILES string of the molecule is COc1cc([C@@H]2CCCN2)ccc1C(=O)O. The number of carboxylic acids is 1. The van der Waals surface area contributed by atoms with Crippen LogP contribution in [0.2, 0.25) is 0 Å². The summed E-state index contributed by atoms with van der Waals surface area (Å²) in [4.78, 5) is 10.9. The lowest BCUT2D eigenvalue weighted by Crippen LogP contribution is -2.13. The zero-order valence-corrected chi connectivity index (χ0v) is 9.19. The second kappa shape index (κ2) is 4.53. The highest BCUT2D eigenvalue weighted by atomic mass is 16.5. The minimum atomic E-state index is -0.956. The molecule has 0 saturated carbocycles. The van der Waals surface area contributed by atoms with Gasteiger partial charge in [-0.2, -0.15) is 0 Å². The smallest absolute Gasteiger partial charge is 0.339 e. The summed E-state index contributed by atoms with van der Waals surface area (Å²) in [5.41, 5.74) is 1.31. The highest BCUT2D eigenvalue weighted by Gasteiger charge is 2.19. The van der Waals surface area contributed by atoms with Crippen LogP contribution in [0.15, 0.2) is 18.2 Å². The van der Waals surface area contributed by atoms with Crippen molar-refractivity contribution in [1.29, 1.82) is 0 Å². The molecule has 1 aliphatic heterocycles. The van der Waals surface area contributed by atoms with Crippen LogP contribution in [0, 0.1) is 0 Å². The molecule has 1 aliphatic rings. The molecule has 0 aliphatic carbocycles. The molecular formula is C12H15NO3. The molecule has 0 unspecified atom stereocenters. The molecule has 2 N–H and O–H groups in total. The van der Waals surface area contributed by atoms with E-state index in [-0.39, 0.29) is 5.56 Å². The highest BCUT2D eigenvalue weighted by Crippen LogP contribution is 2.28. The van der Waals surface area contributed by atoms with Gasteiger partial charge in [-0.1, -0.05) is 6.07 Å². The first-order valence-corrected chi connectivity index (χ1v) is 5.37. The molecule has 1 atom stereocenters. The van der Waals surface area contributed by atoms with Gasteiger partial charge >= 0.3 is 5.97 Å². The first-order valence-electron chi connectivity index (χ1n) is 5.37. The summed E-state index contributed by atoms with van der Waals surface area (Å²) in [7, 11) is 1.49. The molecule has 0 radical (unpaired) electrons. The zero-order valence-electron chi connectivity index (χ0n) is 9.19. The van der Waals surface area contributed by atoms with Crippen molar-refractivity contribution >= 4 is 5.97 Å². The third-order valence-corrected chi connectivity index (χ3v) is 2.92. The van der Waals surface area contributed by atoms with Crippen LogP contribution >= 0.6 is 0 Å². The average molecular weight is 221 g/mol. The molecule has 0 bridgehead atoms. The molecular weight excluding hydrogens is 206 g/mol. The maximum absolute atomic E-state index is 10.9. The summed E-state index contributed by atoms with van der Waals surface area (Å²) in [5, 5.41) is 12.3. The van der Waals surface area contributed by atoms with Crippen molar-refractivity contribution in [3.8, 4) is 5.75 Å². The Labute approximate surface area is 94.2 Å². The van der Waals surface area contributed by atoms with Crippen molar-refractivity contribution in [2.45, 2.75) is 18.9 Å². The van der Waals surface area contributed by atoms with Gasteiger partial charge in [-0.25, -0.2) is 4.79 Å². The minimum absolute atomic E-state index is 0.212. The molecule has 0 aromatic heterocycles. The third kappa shape index (κ3) is 2.02. The van der Waals surface area contributed by atoms with Crippen LogP contribution in [-0.4, -0.2) is 24.7 Å². The number of hydrogen-bond donors (Lipinski definition) is 2. The quantitative estimate of drug-likeness (QED) is 0.817. The Bertz CT molecular complexity index is 397. The van der Waals surface area contributed by atoms with E-state index in [9.17, 15) is 4.79 Å². The number of carbonyl (C=O) groups is 1. The van der Waals surface area contributed by atoms with Gasteiger partial charge in [-0.3, -0.25) is 0 Å². The molecule has 2 rings (SSSR count). The molecule has 86 valence electrons. The van der Waals surface area contributed by atoms with E-state index < -0.39 is 5.97 Å². The van der Waals surface area contributed by atoms with Crippen LogP contribution in [0.1, 0.15) is 34.8 Å². The van der Waals surface area contributed by atoms with Crippen molar-refractivity contribution in [1.82, 2.24) is 5.32 Å². The van der Waals surface area contributed by atoms with Crippen molar-refractivity contribution < 1.29 is 14.6 Å². The predicted molar refractivity (Wildman–Crippen MR) is 59.9 cm³/mol. The van der Waals surface area contributed by atoms with Gasteiger partial charge in [0.1, 0.15) is 11.3 Å². The largest absolute Gasteiger partial charge is 0.496 e. The van der Waals surface area contributed by atoms with Gasteiger partial charge in [0.2, 0.25) is 0 Å². The average Bonchev–Trinajstić information content (AvgIpc) is 2.81. The second-order valence-corrected chi connectivity index (χ2v) is 3.91. The first kappa shape index (κ1) is 11.0. The van der Waals surface area contributed by atoms with Crippen molar-refractivity contribution in [3.05, 3.63) is 29.3 Å². The van der Waals surface area contributed by atoms with Crippen LogP contribution in [0.5, 0.6) is 5.75 Å². The van der Waals surface area contributed by atoms with E-state index in [0.717, 1.165) is 24.9 Å². The summed E-state index contributed by atoms with van der Waals surface area (Å²) >= 11 is 0. The van der Waals surface area contributed by atoms with Gasteiger partial charge in [0.15, 0.2) is 0 Å². The Hall–Kier alpha value is -1.55. The predicted octanol–water partition coefficient (Wildman–Crippen LogP) is 1.82. The van der Waals surface area contributed by atoms with Crippen molar-refractivity contribution in [3.63, 3.8) is 0 Å². The monoisotopic (exact) mass is 221 g/mol. The first-order chi connectivity index (χ1) is 7.72. The number of methoxy groups -OCH3 is 1. The van der Waals surface area contributed by atoms with Gasteiger partial charge in [0.05, 0.1) is 7.11 Å². The molecule has 1 aromatic rings. The van der Waals surface area contributed by atoms with Crippen molar-refractivity contribution in [2.24, 2.45) is 0 Å². The molecule has 1 heterocycles.